The molecule has 0 aliphatic rings. The molecule has 3 heterocycles. The Balaban J connectivity index is 2.02. The SMILES string of the molecule is CC(C)N(Cc1cccs1)c1nc2sccn2c1CN. The van der Waals surface area contributed by atoms with Crippen LogP contribution >= 0.6 is 22.7 Å². The average Bonchev–Trinajstić information content (AvgIpc) is 3.11. The maximum Gasteiger partial charge on any atom is 0.195 e. The third-order valence-electron chi connectivity index (χ3n) is 3.33. The van der Waals surface area contributed by atoms with Gasteiger partial charge in [-0.25, -0.2) is 4.98 Å². The third kappa shape index (κ3) is 2.34. The molecule has 20 heavy (non-hydrogen) atoms. The Labute approximate surface area is 126 Å². The molecule has 0 saturated carbocycles. The Bertz CT molecular complexity index is 681. The molecule has 0 aliphatic carbocycles. The summed E-state index contributed by atoms with van der Waals surface area (Å²) in [6.07, 6.45) is 2.04. The Morgan fingerprint density at radius 2 is 2.20 bits per heavy atom. The van der Waals surface area contributed by atoms with Crippen molar-refractivity contribution in [1.82, 2.24) is 9.38 Å². The molecule has 0 amide bonds. The van der Waals surface area contributed by atoms with Gasteiger partial charge in [0.2, 0.25) is 0 Å². The van der Waals surface area contributed by atoms with Crippen molar-refractivity contribution >= 4 is 33.5 Å². The van der Waals surface area contributed by atoms with Crippen LogP contribution in [0.5, 0.6) is 0 Å². The number of hydrogen-bond donors (Lipinski definition) is 1. The predicted molar refractivity (Wildman–Crippen MR) is 86.6 cm³/mol. The van der Waals surface area contributed by atoms with E-state index in [9.17, 15) is 0 Å². The average molecular weight is 306 g/mol. The number of fused-ring (bicyclic) bond motifs is 1. The van der Waals surface area contributed by atoms with Crippen LogP contribution in [0.1, 0.15) is 24.4 Å². The topological polar surface area (TPSA) is 46.6 Å². The molecule has 0 spiro atoms. The Morgan fingerprint density at radius 1 is 1.35 bits per heavy atom. The molecular weight excluding hydrogens is 288 g/mol. The molecule has 0 aromatic carbocycles. The Kier molecular flexibility index (Phi) is 3.78. The third-order valence-corrected chi connectivity index (χ3v) is 4.95. The maximum atomic E-state index is 5.95. The van der Waals surface area contributed by atoms with E-state index in [1.165, 1.54) is 4.88 Å². The first-order valence-electron chi connectivity index (χ1n) is 6.64. The van der Waals surface area contributed by atoms with E-state index in [0.717, 1.165) is 23.0 Å². The fourth-order valence-electron chi connectivity index (χ4n) is 2.31. The van der Waals surface area contributed by atoms with Gasteiger partial charge in [-0.1, -0.05) is 6.07 Å². The predicted octanol–water partition coefficient (Wildman–Crippen LogP) is 3.33. The normalized spacial score (nSPS) is 11.6. The van der Waals surface area contributed by atoms with Crippen LogP contribution in [0.2, 0.25) is 0 Å². The summed E-state index contributed by atoms with van der Waals surface area (Å²) in [7, 11) is 0. The molecule has 0 bridgehead atoms. The van der Waals surface area contributed by atoms with E-state index in [2.05, 4.69) is 40.7 Å². The molecule has 0 atom stereocenters. The molecule has 4 nitrogen and oxygen atoms in total. The second-order valence-corrected chi connectivity index (χ2v) is 6.85. The van der Waals surface area contributed by atoms with Gasteiger partial charge in [-0.15, -0.1) is 22.7 Å². The van der Waals surface area contributed by atoms with Gasteiger partial charge in [0.05, 0.1) is 12.2 Å². The largest absolute Gasteiger partial charge is 0.347 e. The molecule has 106 valence electrons. The van der Waals surface area contributed by atoms with Gasteiger partial charge in [0.25, 0.3) is 0 Å². The summed E-state index contributed by atoms with van der Waals surface area (Å²) in [6, 6.07) is 4.64. The van der Waals surface area contributed by atoms with Gasteiger partial charge in [-0.05, 0) is 25.3 Å². The second kappa shape index (κ2) is 5.55. The Hall–Kier alpha value is -1.37. The van der Waals surface area contributed by atoms with E-state index in [4.69, 9.17) is 10.7 Å². The van der Waals surface area contributed by atoms with Crippen LogP contribution in [0.4, 0.5) is 5.82 Å². The number of aromatic nitrogens is 2. The zero-order valence-corrected chi connectivity index (χ0v) is 13.2. The summed E-state index contributed by atoms with van der Waals surface area (Å²) in [5.41, 5.74) is 7.04. The minimum Gasteiger partial charge on any atom is -0.347 e. The van der Waals surface area contributed by atoms with Gasteiger partial charge in [0, 0.05) is 29.0 Å². The van der Waals surface area contributed by atoms with Crippen molar-refractivity contribution in [3.8, 4) is 0 Å². The van der Waals surface area contributed by atoms with Crippen molar-refractivity contribution in [2.75, 3.05) is 4.90 Å². The van der Waals surface area contributed by atoms with E-state index in [0.29, 0.717) is 12.6 Å². The number of imidazole rings is 1. The first kappa shape index (κ1) is 13.6. The fourth-order valence-corrected chi connectivity index (χ4v) is 3.74. The number of thiophene rings is 1. The fraction of sp³-hybridized carbons (Fsp3) is 0.357. The highest BCUT2D eigenvalue weighted by Crippen LogP contribution is 2.28. The van der Waals surface area contributed by atoms with Crippen LogP contribution < -0.4 is 10.6 Å². The lowest BCUT2D eigenvalue weighted by Crippen LogP contribution is -2.31. The first-order valence-corrected chi connectivity index (χ1v) is 8.40. The molecule has 3 aromatic heterocycles. The molecule has 0 radical (unpaired) electrons. The highest BCUT2D eigenvalue weighted by molar-refractivity contribution is 7.15. The van der Waals surface area contributed by atoms with Gasteiger partial charge in [-0.3, -0.25) is 4.40 Å². The van der Waals surface area contributed by atoms with Crippen LogP contribution in [0.3, 0.4) is 0 Å². The highest BCUT2D eigenvalue weighted by atomic mass is 32.1. The van der Waals surface area contributed by atoms with E-state index < -0.39 is 0 Å². The van der Waals surface area contributed by atoms with Gasteiger partial charge in [0.1, 0.15) is 0 Å². The molecule has 0 unspecified atom stereocenters. The second-order valence-electron chi connectivity index (χ2n) is 4.94. The number of hydrogen-bond acceptors (Lipinski definition) is 5. The van der Waals surface area contributed by atoms with Crippen LogP contribution in [-0.4, -0.2) is 15.4 Å². The molecule has 3 aromatic rings. The Morgan fingerprint density at radius 3 is 2.85 bits per heavy atom. The minimum atomic E-state index is 0.381. The zero-order valence-electron chi connectivity index (χ0n) is 11.6. The number of nitrogens with zero attached hydrogens (tertiary/aromatic N) is 3. The molecule has 6 heteroatoms. The van der Waals surface area contributed by atoms with Gasteiger partial charge in [0.15, 0.2) is 10.8 Å². The van der Waals surface area contributed by atoms with Crippen molar-refractivity contribution in [3.63, 3.8) is 0 Å². The van der Waals surface area contributed by atoms with E-state index in [1.54, 1.807) is 22.7 Å². The van der Waals surface area contributed by atoms with Crippen LogP contribution in [0, 0.1) is 0 Å². The quantitative estimate of drug-likeness (QED) is 0.786. The molecular formula is C14H18N4S2. The summed E-state index contributed by atoms with van der Waals surface area (Å²) in [6.45, 7) is 5.77. The zero-order chi connectivity index (χ0) is 14.1. The van der Waals surface area contributed by atoms with E-state index in [-0.39, 0.29) is 0 Å². The monoisotopic (exact) mass is 306 g/mol. The van der Waals surface area contributed by atoms with E-state index in [1.807, 2.05) is 11.6 Å². The van der Waals surface area contributed by atoms with Crippen molar-refractivity contribution < 1.29 is 0 Å². The van der Waals surface area contributed by atoms with Crippen LogP contribution in [0.15, 0.2) is 29.1 Å². The highest BCUT2D eigenvalue weighted by Gasteiger charge is 2.20. The number of nitrogens with two attached hydrogens (primary N) is 1. The molecule has 3 rings (SSSR count). The maximum absolute atomic E-state index is 5.95. The van der Waals surface area contributed by atoms with Crippen molar-refractivity contribution in [2.24, 2.45) is 5.73 Å². The molecule has 2 N–H and O–H groups in total. The van der Waals surface area contributed by atoms with Crippen LogP contribution in [-0.2, 0) is 13.1 Å². The summed E-state index contributed by atoms with van der Waals surface area (Å²) >= 11 is 3.43. The van der Waals surface area contributed by atoms with Gasteiger partial charge >= 0.3 is 0 Å². The summed E-state index contributed by atoms with van der Waals surface area (Å²) < 4.78 is 2.10. The standard InChI is InChI=1S/C14H18N4S2/c1-10(2)18(9-11-4-3-6-19-11)13-12(8-15)17-5-7-20-14(17)16-13/h3-7,10H,8-9,15H2,1-2H3. The molecule has 0 aliphatic heterocycles. The lowest BCUT2D eigenvalue weighted by molar-refractivity contribution is 0.674. The minimum absolute atomic E-state index is 0.381. The van der Waals surface area contributed by atoms with Crippen molar-refractivity contribution in [1.29, 1.82) is 0 Å². The van der Waals surface area contributed by atoms with Crippen LogP contribution in [0.25, 0.3) is 4.96 Å². The number of anilines is 1. The number of rotatable bonds is 5. The molecule has 0 fully saturated rings. The lowest BCUT2D eigenvalue weighted by Gasteiger charge is -2.27. The van der Waals surface area contributed by atoms with E-state index >= 15 is 0 Å². The lowest BCUT2D eigenvalue weighted by atomic mass is 10.2. The summed E-state index contributed by atoms with van der Waals surface area (Å²) in [4.78, 5) is 9.46. The summed E-state index contributed by atoms with van der Waals surface area (Å²) in [5, 5.41) is 4.16. The smallest absolute Gasteiger partial charge is 0.195 e. The first-order chi connectivity index (χ1) is 9.70. The van der Waals surface area contributed by atoms with Gasteiger partial charge in [-0.2, -0.15) is 0 Å². The van der Waals surface area contributed by atoms with Crippen molar-refractivity contribution in [2.45, 2.75) is 33.0 Å². The van der Waals surface area contributed by atoms with Crippen molar-refractivity contribution in [3.05, 3.63) is 39.7 Å². The van der Waals surface area contributed by atoms with Gasteiger partial charge < -0.3 is 10.6 Å². The number of thiazole rings is 1. The summed E-state index contributed by atoms with van der Waals surface area (Å²) in [5.74, 6) is 1.02. The molecule has 0 saturated heterocycles.